The van der Waals surface area contributed by atoms with Crippen LogP contribution in [0.25, 0.3) is 0 Å². The van der Waals surface area contributed by atoms with E-state index in [4.69, 9.17) is 0 Å². The molecule has 7 heteroatoms. The molecular formula is C16H28Cl2N4O. The largest absolute Gasteiger partial charge is 0.357 e. The van der Waals surface area contributed by atoms with Crippen molar-refractivity contribution in [2.75, 3.05) is 24.5 Å². The maximum atomic E-state index is 12.0. The van der Waals surface area contributed by atoms with E-state index < -0.39 is 0 Å². The number of rotatable bonds is 6. The number of hydrogen-bond acceptors (Lipinski definition) is 4. The Morgan fingerprint density at radius 2 is 2.04 bits per heavy atom. The lowest BCUT2D eigenvalue weighted by atomic mass is 10.0. The van der Waals surface area contributed by atoms with Crippen LogP contribution in [0.5, 0.6) is 0 Å². The smallest absolute Gasteiger partial charge is 0.237 e. The lowest BCUT2D eigenvalue weighted by Gasteiger charge is -2.22. The fraction of sp³-hybridized carbons (Fsp3) is 0.625. The van der Waals surface area contributed by atoms with Gasteiger partial charge in [-0.15, -0.1) is 24.8 Å². The van der Waals surface area contributed by atoms with Gasteiger partial charge in [0.2, 0.25) is 5.91 Å². The van der Waals surface area contributed by atoms with Crippen molar-refractivity contribution < 1.29 is 4.79 Å². The van der Waals surface area contributed by atoms with E-state index in [1.807, 2.05) is 18.3 Å². The molecule has 0 aromatic carbocycles. The summed E-state index contributed by atoms with van der Waals surface area (Å²) < 4.78 is 0. The molecule has 1 aliphatic heterocycles. The van der Waals surface area contributed by atoms with Crippen LogP contribution < -0.4 is 15.5 Å². The second-order valence-corrected chi connectivity index (χ2v) is 5.42. The molecule has 1 fully saturated rings. The number of nitrogens with zero attached hydrogens (tertiary/aromatic N) is 2. The monoisotopic (exact) mass is 362 g/mol. The minimum atomic E-state index is -0.0262. The molecule has 1 aliphatic rings. The van der Waals surface area contributed by atoms with Gasteiger partial charge in [-0.3, -0.25) is 4.79 Å². The number of nitrogens with one attached hydrogen (secondary N) is 2. The zero-order valence-electron chi connectivity index (χ0n) is 13.9. The quantitative estimate of drug-likeness (QED) is 0.816. The van der Waals surface area contributed by atoms with Crippen LogP contribution in [0.15, 0.2) is 18.3 Å². The number of amides is 1. The third-order valence-electron chi connectivity index (χ3n) is 3.99. The van der Waals surface area contributed by atoms with Crippen molar-refractivity contribution in [1.29, 1.82) is 0 Å². The highest BCUT2D eigenvalue weighted by Gasteiger charge is 2.19. The van der Waals surface area contributed by atoms with E-state index in [0.29, 0.717) is 6.54 Å². The molecule has 1 amide bonds. The number of piperidine rings is 1. The van der Waals surface area contributed by atoms with Gasteiger partial charge in [-0.2, -0.15) is 0 Å². The zero-order chi connectivity index (χ0) is 15.1. The number of carbonyl (C=O) groups is 1. The molecule has 2 rings (SSSR count). The number of pyridine rings is 1. The Morgan fingerprint density at radius 3 is 2.57 bits per heavy atom. The maximum absolute atomic E-state index is 12.0. The summed E-state index contributed by atoms with van der Waals surface area (Å²) in [5, 5.41) is 6.25. The van der Waals surface area contributed by atoms with Gasteiger partial charge in [0, 0.05) is 25.8 Å². The summed E-state index contributed by atoms with van der Waals surface area (Å²) in [7, 11) is 0. The predicted octanol–water partition coefficient (Wildman–Crippen LogP) is 2.53. The molecule has 0 saturated carbocycles. The van der Waals surface area contributed by atoms with E-state index in [1.165, 1.54) is 6.42 Å². The van der Waals surface area contributed by atoms with Crippen molar-refractivity contribution >= 4 is 36.5 Å². The normalized spacial score (nSPS) is 16.7. The standard InChI is InChI=1S/C16H26N4O.2ClH/c1-3-20(4-2)15-9-8-13(11-18-15)12-19-16(21)14-7-5-6-10-17-14;;/h8-9,11,14,17H,3-7,10,12H2,1-2H3,(H,19,21);2*1H/t14-;;/m1../s1. The van der Waals surface area contributed by atoms with Gasteiger partial charge in [-0.05, 0) is 44.9 Å². The van der Waals surface area contributed by atoms with E-state index in [1.54, 1.807) is 0 Å². The van der Waals surface area contributed by atoms with E-state index in [9.17, 15) is 4.79 Å². The van der Waals surface area contributed by atoms with Crippen molar-refractivity contribution in [2.24, 2.45) is 0 Å². The van der Waals surface area contributed by atoms with Crippen molar-refractivity contribution in [2.45, 2.75) is 45.7 Å². The molecule has 1 atom stereocenters. The SMILES string of the molecule is CCN(CC)c1ccc(CNC(=O)[C@H]2CCCCN2)cn1.Cl.Cl. The van der Waals surface area contributed by atoms with Gasteiger partial charge in [0.1, 0.15) is 5.82 Å². The summed E-state index contributed by atoms with van der Waals surface area (Å²) in [6.45, 7) is 7.63. The highest BCUT2D eigenvalue weighted by molar-refractivity contribution is 5.85. The Hall–Kier alpha value is -1.04. The molecule has 0 bridgehead atoms. The van der Waals surface area contributed by atoms with Gasteiger partial charge in [-0.25, -0.2) is 4.98 Å². The summed E-state index contributed by atoms with van der Waals surface area (Å²) in [5.74, 6) is 1.09. The zero-order valence-corrected chi connectivity index (χ0v) is 15.5. The minimum absolute atomic E-state index is 0. The summed E-state index contributed by atoms with van der Waals surface area (Å²) >= 11 is 0. The number of carbonyl (C=O) groups excluding carboxylic acids is 1. The van der Waals surface area contributed by atoms with Gasteiger partial charge in [0.15, 0.2) is 0 Å². The van der Waals surface area contributed by atoms with Crippen molar-refractivity contribution in [3.8, 4) is 0 Å². The Bertz CT molecular complexity index is 446. The summed E-state index contributed by atoms with van der Waals surface area (Å²) in [5.41, 5.74) is 1.04. The molecule has 1 aromatic heterocycles. The first-order chi connectivity index (χ1) is 10.2. The third-order valence-corrected chi connectivity index (χ3v) is 3.99. The first kappa shape index (κ1) is 22.0. The second kappa shape index (κ2) is 11.5. The van der Waals surface area contributed by atoms with E-state index in [0.717, 1.165) is 43.9 Å². The van der Waals surface area contributed by atoms with Gasteiger partial charge in [-0.1, -0.05) is 12.5 Å². The molecule has 132 valence electrons. The van der Waals surface area contributed by atoms with Crippen molar-refractivity contribution in [3.63, 3.8) is 0 Å². The molecule has 2 N–H and O–H groups in total. The third kappa shape index (κ3) is 6.53. The van der Waals surface area contributed by atoms with Crippen LogP contribution in [0.2, 0.25) is 0 Å². The topological polar surface area (TPSA) is 57.3 Å². The van der Waals surface area contributed by atoms with Gasteiger partial charge in [0.25, 0.3) is 0 Å². The Kier molecular flexibility index (Phi) is 11.0. The van der Waals surface area contributed by atoms with Crippen LogP contribution in [-0.4, -0.2) is 36.6 Å². The highest BCUT2D eigenvalue weighted by atomic mass is 35.5. The molecule has 0 unspecified atom stereocenters. The molecule has 2 heterocycles. The molecule has 5 nitrogen and oxygen atoms in total. The average Bonchev–Trinajstić information content (AvgIpc) is 2.55. The van der Waals surface area contributed by atoms with Crippen LogP contribution in [0.4, 0.5) is 5.82 Å². The Balaban J connectivity index is 0.00000242. The lowest BCUT2D eigenvalue weighted by molar-refractivity contribution is -0.123. The van der Waals surface area contributed by atoms with Crippen LogP contribution >= 0.6 is 24.8 Å². The first-order valence-corrected chi connectivity index (χ1v) is 7.95. The fourth-order valence-corrected chi connectivity index (χ4v) is 2.64. The van der Waals surface area contributed by atoms with Crippen LogP contribution in [0.1, 0.15) is 38.7 Å². The van der Waals surface area contributed by atoms with Crippen molar-refractivity contribution in [3.05, 3.63) is 23.9 Å². The van der Waals surface area contributed by atoms with E-state index in [-0.39, 0.29) is 36.8 Å². The second-order valence-electron chi connectivity index (χ2n) is 5.42. The number of aromatic nitrogens is 1. The Morgan fingerprint density at radius 1 is 1.30 bits per heavy atom. The summed E-state index contributed by atoms with van der Waals surface area (Å²) in [4.78, 5) is 18.7. The number of halogens is 2. The lowest BCUT2D eigenvalue weighted by Crippen LogP contribution is -2.46. The van der Waals surface area contributed by atoms with Crippen LogP contribution in [-0.2, 0) is 11.3 Å². The molecule has 0 radical (unpaired) electrons. The first-order valence-electron chi connectivity index (χ1n) is 7.95. The number of anilines is 1. The van der Waals surface area contributed by atoms with E-state index >= 15 is 0 Å². The van der Waals surface area contributed by atoms with E-state index in [2.05, 4.69) is 34.4 Å². The van der Waals surface area contributed by atoms with Gasteiger partial charge in [0.05, 0.1) is 6.04 Å². The summed E-state index contributed by atoms with van der Waals surface area (Å²) in [6, 6.07) is 4.03. The predicted molar refractivity (Wildman–Crippen MR) is 99.8 cm³/mol. The Labute approximate surface area is 151 Å². The van der Waals surface area contributed by atoms with Crippen LogP contribution in [0.3, 0.4) is 0 Å². The van der Waals surface area contributed by atoms with Crippen LogP contribution in [0, 0.1) is 0 Å². The molecule has 0 aliphatic carbocycles. The molecule has 0 spiro atoms. The highest BCUT2D eigenvalue weighted by Crippen LogP contribution is 2.11. The molecule has 1 aromatic rings. The summed E-state index contributed by atoms with van der Waals surface area (Å²) in [6.07, 6.45) is 5.08. The minimum Gasteiger partial charge on any atom is -0.357 e. The van der Waals surface area contributed by atoms with Gasteiger partial charge >= 0.3 is 0 Å². The van der Waals surface area contributed by atoms with Gasteiger partial charge < -0.3 is 15.5 Å². The maximum Gasteiger partial charge on any atom is 0.237 e. The molecule has 23 heavy (non-hydrogen) atoms. The fourth-order valence-electron chi connectivity index (χ4n) is 2.64. The number of hydrogen-bond donors (Lipinski definition) is 2. The molecular weight excluding hydrogens is 335 g/mol. The average molecular weight is 363 g/mol. The molecule has 1 saturated heterocycles. The van der Waals surface area contributed by atoms with Crippen molar-refractivity contribution in [1.82, 2.24) is 15.6 Å².